The lowest BCUT2D eigenvalue weighted by atomic mass is 9.80. The third-order valence-corrected chi connectivity index (χ3v) is 2.37. The SMILES string of the molecule is CCC1(N)CC(C)(N)C(=O)OC1=O. The minimum absolute atomic E-state index is 0.133. The summed E-state index contributed by atoms with van der Waals surface area (Å²) < 4.78 is 4.48. The normalized spacial score (nSPS) is 40.3. The van der Waals surface area contributed by atoms with Gasteiger partial charge >= 0.3 is 11.9 Å². The van der Waals surface area contributed by atoms with E-state index < -0.39 is 23.0 Å². The first-order valence-corrected chi connectivity index (χ1v) is 4.16. The zero-order valence-corrected chi connectivity index (χ0v) is 7.79. The summed E-state index contributed by atoms with van der Waals surface area (Å²) >= 11 is 0. The molecule has 0 radical (unpaired) electrons. The maximum absolute atomic E-state index is 11.2. The quantitative estimate of drug-likeness (QED) is 0.416. The Labute approximate surface area is 76.4 Å². The molecule has 0 aromatic rings. The Morgan fingerprint density at radius 2 is 1.92 bits per heavy atom. The van der Waals surface area contributed by atoms with Crippen LogP contribution in [0.15, 0.2) is 0 Å². The third kappa shape index (κ3) is 1.57. The lowest BCUT2D eigenvalue weighted by Gasteiger charge is -2.37. The summed E-state index contributed by atoms with van der Waals surface area (Å²) in [5.41, 5.74) is 9.09. The maximum Gasteiger partial charge on any atom is 0.333 e. The van der Waals surface area contributed by atoms with Crippen molar-refractivity contribution < 1.29 is 14.3 Å². The van der Waals surface area contributed by atoms with Crippen molar-refractivity contribution in [2.75, 3.05) is 0 Å². The van der Waals surface area contributed by atoms with Crippen molar-refractivity contribution >= 4 is 11.9 Å². The molecule has 13 heavy (non-hydrogen) atoms. The van der Waals surface area contributed by atoms with Crippen LogP contribution in [0.3, 0.4) is 0 Å². The van der Waals surface area contributed by atoms with E-state index in [-0.39, 0.29) is 6.42 Å². The van der Waals surface area contributed by atoms with Gasteiger partial charge in [-0.15, -0.1) is 0 Å². The van der Waals surface area contributed by atoms with Crippen molar-refractivity contribution in [3.8, 4) is 0 Å². The molecule has 1 fully saturated rings. The van der Waals surface area contributed by atoms with Crippen molar-refractivity contribution in [2.45, 2.75) is 37.8 Å². The molecule has 1 heterocycles. The zero-order valence-electron chi connectivity index (χ0n) is 7.79. The van der Waals surface area contributed by atoms with Crippen molar-refractivity contribution in [3.05, 3.63) is 0 Å². The van der Waals surface area contributed by atoms with Gasteiger partial charge in [0.1, 0.15) is 11.1 Å². The van der Waals surface area contributed by atoms with Crippen LogP contribution in [0.2, 0.25) is 0 Å². The topological polar surface area (TPSA) is 95.4 Å². The fourth-order valence-corrected chi connectivity index (χ4v) is 1.37. The van der Waals surface area contributed by atoms with Gasteiger partial charge in [0.2, 0.25) is 0 Å². The number of carbonyl (C=O) groups excluding carboxylic acids is 2. The first-order valence-electron chi connectivity index (χ1n) is 4.16. The molecule has 1 aliphatic rings. The van der Waals surface area contributed by atoms with Gasteiger partial charge in [-0.3, -0.25) is 0 Å². The Balaban J connectivity index is 2.95. The monoisotopic (exact) mass is 186 g/mol. The minimum Gasteiger partial charge on any atom is -0.390 e. The average molecular weight is 186 g/mol. The van der Waals surface area contributed by atoms with Gasteiger partial charge in [0.05, 0.1) is 0 Å². The maximum atomic E-state index is 11.2. The van der Waals surface area contributed by atoms with Crippen LogP contribution in [-0.4, -0.2) is 23.0 Å². The van der Waals surface area contributed by atoms with Crippen LogP contribution in [-0.2, 0) is 14.3 Å². The van der Waals surface area contributed by atoms with Gasteiger partial charge in [-0.25, -0.2) is 9.59 Å². The Kier molecular flexibility index (Phi) is 2.17. The largest absolute Gasteiger partial charge is 0.390 e. The van der Waals surface area contributed by atoms with Gasteiger partial charge in [0, 0.05) is 6.42 Å². The van der Waals surface area contributed by atoms with Crippen LogP contribution in [0.4, 0.5) is 0 Å². The number of hydrogen-bond donors (Lipinski definition) is 2. The van der Waals surface area contributed by atoms with E-state index in [0.29, 0.717) is 6.42 Å². The Bertz CT molecular complexity index is 262. The van der Waals surface area contributed by atoms with Crippen LogP contribution in [0.1, 0.15) is 26.7 Å². The number of cyclic esters (lactones) is 2. The number of nitrogens with two attached hydrogens (primary N) is 2. The van der Waals surface area contributed by atoms with Gasteiger partial charge in [0.25, 0.3) is 0 Å². The number of esters is 2. The zero-order chi connectivity index (χ0) is 10.3. The summed E-state index contributed by atoms with van der Waals surface area (Å²) in [6.07, 6.45) is 0.542. The summed E-state index contributed by atoms with van der Waals surface area (Å²) in [6.45, 7) is 3.27. The average Bonchev–Trinajstić information content (AvgIpc) is 2.01. The second-order valence-corrected chi connectivity index (χ2v) is 3.78. The molecule has 4 N–H and O–H groups in total. The van der Waals surface area contributed by atoms with E-state index in [9.17, 15) is 9.59 Å². The van der Waals surface area contributed by atoms with Gasteiger partial charge in [-0.2, -0.15) is 0 Å². The summed E-state index contributed by atoms with van der Waals surface area (Å²) in [7, 11) is 0. The number of ether oxygens (including phenoxy) is 1. The molecule has 0 amide bonds. The van der Waals surface area contributed by atoms with E-state index in [2.05, 4.69) is 4.74 Å². The van der Waals surface area contributed by atoms with Gasteiger partial charge in [-0.05, 0) is 13.3 Å². The van der Waals surface area contributed by atoms with Crippen molar-refractivity contribution in [2.24, 2.45) is 11.5 Å². The fourth-order valence-electron chi connectivity index (χ4n) is 1.37. The highest BCUT2D eigenvalue weighted by Crippen LogP contribution is 2.27. The van der Waals surface area contributed by atoms with Gasteiger partial charge in [-0.1, -0.05) is 6.92 Å². The highest BCUT2D eigenvalue weighted by molar-refractivity contribution is 5.98. The minimum atomic E-state index is -1.15. The molecular weight excluding hydrogens is 172 g/mol. The Hall–Kier alpha value is -0.940. The van der Waals surface area contributed by atoms with Crippen LogP contribution < -0.4 is 11.5 Å². The van der Waals surface area contributed by atoms with Crippen molar-refractivity contribution in [1.82, 2.24) is 0 Å². The second-order valence-electron chi connectivity index (χ2n) is 3.78. The molecule has 2 unspecified atom stereocenters. The molecule has 1 aliphatic heterocycles. The summed E-state index contributed by atoms with van der Waals surface area (Å²) in [4.78, 5) is 22.3. The predicted molar refractivity (Wildman–Crippen MR) is 45.5 cm³/mol. The van der Waals surface area contributed by atoms with Crippen LogP contribution in [0.5, 0.6) is 0 Å². The molecule has 0 aliphatic carbocycles. The highest BCUT2D eigenvalue weighted by atomic mass is 16.6. The second kappa shape index (κ2) is 2.78. The molecule has 0 spiro atoms. The molecule has 2 atom stereocenters. The van der Waals surface area contributed by atoms with Crippen LogP contribution >= 0.6 is 0 Å². The molecule has 1 saturated heterocycles. The molecule has 1 rings (SSSR count). The first-order chi connectivity index (χ1) is 5.82. The molecular formula is C8H14N2O3. The fraction of sp³-hybridized carbons (Fsp3) is 0.750. The smallest absolute Gasteiger partial charge is 0.333 e. The molecule has 5 nitrogen and oxygen atoms in total. The summed E-state index contributed by atoms with van der Waals surface area (Å²) in [5, 5.41) is 0. The van der Waals surface area contributed by atoms with E-state index in [1.54, 1.807) is 6.92 Å². The van der Waals surface area contributed by atoms with E-state index in [1.807, 2.05) is 0 Å². The molecule has 0 aromatic carbocycles. The Morgan fingerprint density at radius 3 is 2.38 bits per heavy atom. The van der Waals surface area contributed by atoms with E-state index >= 15 is 0 Å². The van der Waals surface area contributed by atoms with Crippen molar-refractivity contribution in [1.29, 1.82) is 0 Å². The molecule has 0 bridgehead atoms. The standard InChI is InChI=1S/C8H14N2O3/c1-3-8(10)4-7(2,9)5(11)13-6(8)12/h3-4,9-10H2,1-2H3. The van der Waals surface area contributed by atoms with Gasteiger partial charge in [0.15, 0.2) is 0 Å². The third-order valence-electron chi connectivity index (χ3n) is 2.37. The number of rotatable bonds is 1. The number of carbonyl (C=O) groups is 2. The first kappa shape index (κ1) is 10.1. The van der Waals surface area contributed by atoms with E-state index in [0.717, 1.165) is 0 Å². The van der Waals surface area contributed by atoms with E-state index in [1.165, 1.54) is 6.92 Å². The van der Waals surface area contributed by atoms with Crippen molar-refractivity contribution in [3.63, 3.8) is 0 Å². The number of hydrogen-bond acceptors (Lipinski definition) is 5. The van der Waals surface area contributed by atoms with Crippen LogP contribution in [0, 0.1) is 0 Å². The molecule has 0 saturated carbocycles. The molecule has 0 aromatic heterocycles. The summed E-state index contributed by atoms with van der Waals surface area (Å²) in [5.74, 6) is -1.38. The Morgan fingerprint density at radius 1 is 1.38 bits per heavy atom. The molecule has 5 heteroatoms. The lowest BCUT2D eigenvalue weighted by molar-refractivity contribution is -0.174. The van der Waals surface area contributed by atoms with E-state index in [4.69, 9.17) is 11.5 Å². The molecule has 74 valence electrons. The van der Waals surface area contributed by atoms with Gasteiger partial charge < -0.3 is 16.2 Å². The van der Waals surface area contributed by atoms with Crippen LogP contribution in [0.25, 0.3) is 0 Å². The predicted octanol–water partition coefficient (Wildman–Crippen LogP) is -0.715. The summed E-state index contributed by atoms with van der Waals surface area (Å²) in [6, 6.07) is 0. The lowest BCUT2D eigenvalue weighted by Crippen LogP contribution is -2.64. The highest BCUT2D eigenvalue weighted by Gasteiger charge is 2.50.